The first-order valence-corrected chi connectivity index (χ1v) is 5.85. The highest BCUT2D eigenvalue weighted by Gasteiger charge is 2.44. The second-order valence-electron chi connectivity index (χ2n) is 4.46. The Morgan fingerprint density at radius 3 is 2.79 bits per heavy atom. The first-order chi connectivity index (χ1) is 9.02. The smallest absolute Gasteiger partial charge is 0.332 e. The number of carbonyl (C=O) groups is 2. The lowest BCUT2D eigenvalue weighted by Gasteiger charge is -2.23. The predicted octanol–water partition coefficient (Wildman–Crippen LogP) is 0.755. The van der Waals surface area contributed by atoms with Crippen LogP contribution in [0.1, 0.15) is 12.1 Å². The Hall–Kier alpha value is -2.15. The molecule has 1 aliphatic rings. The van der Waals surface area contributed by atoms with Gasteiger partial charge >= 0.3 is 12.0 Å². The lowest BCUT2D eigenvalue weighted by molar-refractivity contribution is -0.144. The molecule has 0 bridgehead atoms. The molecule has 7 heteroatoms. The number of nitrogens with one attached hydrogen (secondary N) is 2. The van der Waals surface area contributed by atoms with Crippen LogP contribution in [0.2, 0.25) is 0 Å². The van der Waals surface area contributed by atoms with E-state index < -0.39 is 17.5 Å². The fourth-order valence-electron chi connectivity index (χ4n) is 1.81. The Labute approximate surface area is 110 Å². The third kappa shape index (κ3) is 3.00. The quantitative estimate of drug-likeness (QED) is 0.749. The van der Waals surface area contributed by atoms with Crippen LogP contribution in [0, 0.1) is 6.92 Å². The maximum absolute atomic E-state index is 11.8. The Kier molecular flexibility index (Phi) is 3.66. The van der Waals surface area contributed by atoms with Crippen LogP contribution in [-0.2, 0) is 9.53 Å². The van der Waals surface area contributed by atoms with E-state index in [0.29, 0.717) is 12.3 Å². The topological polar surface area (TPSA) is 101 Å². The summed E-state index contributed by atoms with van der Waals surface area (Å²) in [5.41, 5.74) is -0.0120. The van der Waals surface area contributed by atoms with Gasteiger partial charge in [-0.05, 0) is 19.1 Å². The number of aromatic nitrogens is 1. The lowest BCUT2D eigenvalue weighted by Crippen LogP contribution is -2.56. The average Bonchev–Trinajstić information content (AvgIpc) is 2.82. The SMILES string of the molecule is Cc1ccc(NC(=O)NC2(C(=O)O)CCOC2)cn1. The molecule has 2 heterocycles. The minimum atomic E-state index is -1.35. The molecule has 1 aliphatic heterocycles. The number of hydrogen-bond donors (Lipinski definition) is 3. The summed E-state index contributed by atoms with van der Waals surface area (Å²) in [7, 11) is 0. The maximum Gasteiger partial charge on any atom is 0.332 e. The van der Waals surface area contributed by atoms with Crippen LogP contribution in [0.4, 0.5) is 10.5 Å². The molecule has 0 aromatic carbocycles. The number of anilines is 1. The molecule has 19 heavy (non-hydrogen) atoms. The number of urea groups is 1. The molecule has 102 valence electrons. The van der Waals surface area contributed by atoms with Crippen LogP contribution >= 0.6 is 0 Å². The largest absolute Gasteiger partial charge is 0.479 e. The molecule has 1 aromatic heterocycles. The molecule has 1 unspecified atom stereocenters. The number of carbonyl (C=O) groups excluding carboxylic acids is 1. The highest BCUT2D eigenvalue weighted by atomic mass is 16.5. The number of pyridine rings is 1. The zero-order chi connectivity index (χ0) is 13.9. The van der Waals surface area contributed by atoms with Gasteiger partial charge in [0.15, 0.2) is 5.54 Å². The Balaban J connectivity index is 2.00. The van der Waals surface area contributed by atoms with Crippen LogP contribution in [0.15, 0.2) is 18.3 Å². The van der Waals surface area contributed by atoms with Crippen molar-refractivity contribution in [2.45, 2.75) is 18.9 Å². The van der Waals surface area contributed by atoms with Gasteiger partial charge < -0.3 is 20.5 Å². The summed E-state index contributed by atoms with van der Waals surface area (Å²) in [5, 5.41) is 14.2. The van der Waals surface area contributed by atoms with Crippen molar-refractivity contribution in [1.29, 1.82) is 0 Å². The van der Waals surface area contributed by atoms with Crippen molar-refractivity contribution in [3.8, 4) is 0 Å². The van der Waals surface area contributed by atoms with Crippen LogP contribution in [0.25, 0.3) is 0 Å². The molecule has 7 nitrogen and oxygen atoms in total. The minimum absolute atomic E-state index is 0.0259. The van der Waals surface area contributed by atoms with Gasteiger partial charge in [-0.3, -0.25) is 4.98 Å². The van der Waals surface area contributed by atoms with E-state index in [1.165, 1.54) is 6.20 Å². The fourth-order valence-corrected chi connectivity index (χ4v) is 1.81. The summed E-state index contributed by atoms with van der Waals surface area (Å²) >= 11 is 0. The molecule has 2 rings (SSSR count). The van der Waals surface area contributed by atoms with E-state index in [4.69, 9.17) is 4.74 Å². The first kappa shape index (κ1) is 13.3. The molecule has 0 spiro atoms. The number of carboxylic acid groups (broad SMARTS) is 1. The summed E-state index contributed by atoms with van der Waals surface area (Å²) in [5.74, 6) is -1.10. The van der Waals surface area contributed by atoms with Gasteiger partial charge in [-0.2, -0.15) is 0 Å². The van der Waals surface area contributed by atoms with Crippen LogP contribution in [0.3, 0.4) is 0 Å². The number of hydrogen-bond acceptors (Lipinski definition) is 4. The first-order valence-electron chi connectivity index (χ1n) is 5.85. The van der Waals surface area contributed by atoms with Gasteiger partial charge in [0.2, 0.25) is 0 Å². The zero-order valence-electron chi connectivity index (χ0n) is 10.5. The molecular weight excluding hydrogens is 250 g/mol. The lowest BCUT2D eigenvalue weighted by atomic mass is 9.99. The molecule has 1 atom stereocenters. The van der Waals surface area contributed by atoms with Crippen molar-refractivity contribution in [3.05, 3.63) is 24.0 Å². The minimum Gasteiger partial charge on any atom is -0.479 e. The molecule has 0 saturated carbocycles. The summed E-state index contributed by atoms with van der Waals surface area (Å²) in [4.78, 5) is 27.0. The summed E-state index contributed by atoms with van der Waals surface area (Å²) < 4.78 is 5.05. The summed E-state index contributed by atoms with van der Waals surface area (Å²) in [6.45, 7) is 2.12. The number of aryl methyl sites for hydroxylation is 1. The van der Waals surface area contributed by atoms with E-state index >= 15 is 0 Å². The number of amides is 2. The Morgan fingerprint density at radius 2 is 2.26 bits per heavy atom. The highest BCUT2D eigenvalue weighted by Crippen LogP contribution is 2.19. The second-order valence-corrected chi connectivity index (χ2v) is 4.46. The average molecular weight is 265 g/mol. The zero-order valence-corrected chi connectivity index (χ0v) is 10.5. The molecule has 2 amide bonds. The van der Waals surface area contributed by atoms with Gasteiger partial charge in [-0.1, -0.05) is 0 Å². The number of carboxylic acids is 1. The number of nitrogens with zero attached hydrogens (tertiary/aromatic N) is 1. The van der Waals surface area contributed by atoms with Gasteiger partial charge in [0, 0.05) is 18.7 Å². The van der Waals surface area contributed by atoms with Crippen molar-refractivity contribution in [3.63, 3.8) is 0 Å². The Morgan fingerprint density at radius 1 is 1.47 bits per heavy atom. The molecule has 1 aromatic rings. The number of aliphatic carboxylic acids is 1. The van der Waals surface area contributed by atoms with Gasteiger partial charge in [-0.25, -0.2) is 9.59 Å². The molecular formula is C12H15N3O4. The highest BCUT2D eigenvalue weighted by molar-refractivity contribution is 5.94. The molecule has 0 radical (unpaired) electrons. The van der Waals surface area contributed by atoms with Crippen molar-refractivity contribution in [2.75, 3.05) is 18.5 Å². The van der Waals surface area contributed by atoms with Crippen molar-refractivity contribution in [1.82, 2.24) is 10.3 Å². The molecule has 0 aliphatic carbocycles. The van der Waals surface area contributed by atoms with E-state index in [0.717, 1.165) is 5.69 Å². The van der Waals surface area contributed by atoms with Gasteiger partial charge in [0.25, 0.3) is 0 Å². The summed E-state index contributed by atoms with van der Waals surface area (Å²) in [6.07, 6.45) is 1.76. The van der Waals surface area contributed by atoms with E-state index in [1.54, 1.807) is 12.1 Å². The standard InChI is InChI=1S/C12H15N3O4/c1-8-2-3-9(6-13-8)14-11(18)15-12(10(16)17)4-5-19-7-12/h2-3,6H,4-5,7H2,1H3,(H,16,17)(H2,14,15,18). The fraction of sp³-hybridized carbons (Fsp3) is 0.417. The maximum atomic E-state index is 11.8. The molecule has 3 N–H and O–H groups in total. The van der Waals surface area contributed by atoms with E-state index in [2.05, 4.69) is 15.6 Å². The van der Waals surface area contributed by atoms with Gasteiger partial charge in [0.05, 0.1) is 18.5 Å². The molecule has 1 saturated heterocycles. The normalized spacial score (nSPS) is 21.9. The van der Waals surface area contributed by atoms with E-state index in [-0.39, 0.29) is 13.0 Å². The van der Waals surface area contributed by atoms with Crippen molar-refractivity contribution >= 4 is 17.7 Å². The summed E-state index contributed by atoms with van der Waals surface area (Å²) in [6, 6.07) is 2.86. The molecule has 1 fully saturated rings. The van der Waals surface area contributed by atoms with E-state index in [9.17, 15) is 14.7 Å². The van der Waals surface area contributed by atoms with Crippen molar-refractivity contribution in [2.24, 2.45) is 0 Å². The Bertz CT molecular complexity index is 480. The second kappa shape index (κ2) is 5.23. The van der Waals surface area contributed by atoms with E-state index in [1.807, 2.05) is 6.92 Å². The van der Waals surface area contributed by atoms with Crippen molar-refractivity contribution < 1.29 is 19.4 Å². The number of rotatable bonds is 3. The van der Waals surface area contributed by atoms with Crippen LogP contribution in [-0.4, -0.2) is 40.8 Å². The number of ether oxygens (including phenoxy) is 1. The van der Waals surface area contributed by atoms with Gasteiger partial charge in [0.1, 0.15) is 0 Å². The third-order valence-electron chi connectivity index (χ3n) is 2.95. The monoisotopic (exact) mass is 265 g/mol. The predicted molar refractivity (Wildman–Crippen MR) is 66.9 cm³/mol. The van der Waals surface area contributed by atoms with Gasteiger partial charge in [-0.15, -0.1) is 0 Å². The third-order valence-corrected chi connectivity index (χ3v) is 2.95. The van der Waals surface area contributed by atoms with Crippen LogP contribution in [0.5, 0.6) is 0 Å². The van der Waals surface area contributed by atoms with Crippen LogP contribution < -0.4 is 10.6 Å².